The molecule has 0 radical (unpaired) electrons. The van der Waals surface area contributed by atoms with Crippen molar-refractivity contribution in [1.82, 2.24) is 25.2 Å². The molecule has 2 aromatic heterocycles. The van der Waals surface area contributed by atoms with Crippen molar-refractivity contribution in [1.29, 1.82) is 0 Å². The zero-order chi connectivity index (χ0) is 18.0. The van der Waals surface area contributed by atoms with Gasteiger partial charge in [0.05, 0.1) is 4.92 Å². The minimum atomic E-state index is -0.465. The fourth-order valence-corrected chi connectivity index (χ4v) is 3.14. The highest BCUT2D eigenvalue weighted by molar-refractivity contribution is 5.89. The third-order valence-electron chi connectivity index (χ3n) is 4.42. The Bertz CT molecular complexity index is 790. The van der Waals surface area contributed by atoms with E-state index in [4.69, 9.17) is 4.52 Å². The topological polar surface area (TPSA) is 129 Å². The normalized spacial score (nSPS) is 15.3. The number of aryl methyl sites for hydroxylation is 1. The van der Waals surface area contributed by atoms with Crippen LogP contribution >= 0.6 is 0 Å². The van der Waals surface area contributed by atoms with E-state index in [1.807, 2.05) is 0 Å². The van der Waals surface area contributed by atoms with Crippen molar-refractivity contribution in [2.75, 3.05) is 0 Å². The number of nitrogens with zero attached hydrogens (tertiary/aromatic N) is 5. The molecule has 1 aliphatic carbocycles. The largest absolute Gasteiger partial charge is 0.345 e. The SMILES string of the molecule is Cc1nn(Cc2noc(C(=O)NC3CCCCC3)n2)c(C)c1[N+](=O)[O-]. The van der Waals surface area contributed by atoms with E-state index in [9.17, 15) is 14.9 Å². The Morgan fingerprint density at radius 1 is 1.36 bits per heavy atom. The fourth-order valence-electron chi connectivity index (χ4n) is 3.14. The Morgan fingerprint density at radius 3 is 2.72 bits per heavy atom. The van der Waals surface area contributed by atoms with Gasteiger partial charge in [0.2, 0.25) is 0 Å². The van der Waals surface area contributed by atoms with Crippen molar-refractivity contribution < 1.29 is 14.2 Å². The predicted molar refractivity (Wildman–Crippen MR) is 86.1 cm³/mol. The number of hydrogen-bond donors (Lipinski definition) is 1. The predicted octanol–water partition coefficient (Wildman–Crippen LogP) is 1.90. The summed E-state index contributed by atoms with van der Waals surface area (Å²) >= 11 is 0. The molecule has 0 aliphatic heterocycles. The lowest BCUT2D eigenvalue weighted by Crippen LogP contribution is -2.36. The summed E-state index contributed by atoms with van der Waals surface area (Å²) in [5.74, 6) is -0.240. The number of amides is 1. The van der Waals surface area contributed by atoms with Gasteiger partial charge in [-0.15, -0.1) is 0 Å². The summed E-state index contributed by atoms with van der Waals surface area (Å²) in [5.41, 5.74) is 0.695. The summed E-state index contributed by atoms with van der Waals surface area (Å²) in [4.78, 5) is 26.8. The first-order valence-electron chi connectivity index (χ1n) is 8.27. The first-order chi connectivity index (χ1) is 12.0. The van der Waals surface area contributed by atoms with E-state index in [1.54, 1.807) is 13.8 Å². The quantitative estimate of drug-likeness (QED) is 0.645. The standard InChI is InChI=1S/C15H20N6O4/c1-9-13(21(23)24)10(2)20(18-9)8-12-17-15(25-19-12)14(22)16-11-6-4-3-5-7-11/h11H,3-8H2,1-2H3,(H,16,22). The molecular weight excluding hydrogens is 328 g/mol. The zero-order valence-electron chi connectivity index (χ0n) is 14.2. The van der Waals surface area contributed by atoms with Gasteiger partial charge in [-0.1, -0.05) is 24.4 Å². The second-order valence-electron chi connectivity index (χ2n) is 6.26. The average Bonchev–Trinajstić information content (AvgIpc) is 3.14. The van der Waals surface area contributed by atoms with E-state index in [0.717, 1.165) is 25.7 Å². The molecule has 3 rings (SSSR count). The minimum Gasteiger partial charge on any atom is -0.345 e. The van der Waals surface area contributed by atoms with E-state index in [1.165, 1.54) is 11.1 Å². The number of aromatic nitrogens is 4. The lowest BCUT2D eigenvalue weighted by atomic mass is 9.95. The highest BCUT2D eigenvalue weighted by atomic mass is 16.6. The van der Waals surface area contributed by atoms with Crippen molar-refractivity contribution in [3.05, 3.63) is 33.2 Å². The Labute approximate surface area is 143 Å². The molecule has 1 N–H and O–H groups in total. The lowest BCUT2D eigenvalue weighted by Gasteiger charge is -2.21. The Kier molecular flexibility index (Phi) is 4.77. The van der Waals surface area contributed by atoms with Crippen LogP contribution in [-0.4, -0.2) is 36.8 Å². The molecule has 10 heteroatoms. The molecule has 10 nitrogen and oxygen atoms in total. The number of carbonyl (C=O) groups excluding carboxylic acids is 1. The first kappa shape index (κ1) is 17.1. The third kappa shape index (κ3) is 3.67. The van der Waals surface area contributed by atoms with Gasteiger partial charge in [-0.2, -0.15) is 10.1 Å². The van der Waals surface area contributed by atoms with Crippen molar-refractivity contribution in [3.8, 4) is 0 Å². The molecule has 0 saturated heterocycles. The summed E-state index contributed by atoms with van der Waals surface area (Å²) in [6.45, 7) is 3.27. The van der Waals surface area contributed by atoms with Crippen LogP contribution in [0.15, 0.2) is 4.52 Å². The van der Waals surface area contributed by atoms with E-state index < -0.39 is 4.92 Å². The smallest absolute Gasteiger partial charge is 0.316 e. The highest BCUT2D eigenvalue weighted by Gasteiger charge is 2.24. The second-order valence-corrected chi connectivity index (χ2v) is 6.26. The number of rotatable bonds is 5. The Hall–Kier alpha value is -2.78. The summed E-state index contributed by atoms with van der Waals surface area (Å²) in [7, 11) is 0. The molecule has 0 spiro atoms. The molecule has 1 amide bonds. The molecule has 1 saturated carbocycles. The monoisotopic (exact) mass is 348 g/mol. The van der Waals surface area contributed by atoms with Gasteiger partial charge in [-0.25, -0.2) is 0 Å². The molecule has 0 bridgehead atoms. The van der Waals surface area contributed by atoms with Crippen LogP contribution in [0.25, 0.3) is 0 Å². The molecule has 2 heterocycles. The number of nitrogens with one attached hydrogen (secondary N) is 1. The minimum absolute atomic E-state index is 0.0289. The van der Waals surface area contributed by atoms with Crippen LogP contribution < -0.4 is 5.32 Å². The lowest BCUT2D eigenvalue weighted by molar-refractivity contribution is -0.386. The van der Waals surface area contributed by atoms with Crippen LogP contribution in [-0.2, 0) is 6.54 Å². The first-order valence-corrected chi connectivity index (χ1v) is 8.27. The van der Waals surface area contributed by atoms with Crippen LogP contribution in [0.4, 0.5) is 5.69 Å². The van der Waals surface area contributed by atoms with Crippen molar-refractivity contribution in [3.63, 3.8) is 0 Å². The van der Waals surface area contributed by atoms with Gasteiger partial charge in [-0.3, -0.25) is 19.6 Å². The maximum absolute atomic E-state index is 12.2. The molecule has 134 valence electrons. The third-order valence-corrected chi connectivity index (χ3v) is 4.42. The van der Waals surface area contributed by atoms with E-state index in [-0.39, 0.29) is 35.9 Å². The number of hydrogen-bond acceptors (Lipinski definition) is 7. The number of nitro groups is 1. The van der Waals surface area contributed by atoms with Crippen LogP contribution in [0.3, 0.4) is 0 Å². The summed E-state index contributed by atoms with van der Waals surface area (Å²) in [6, 6.07) is 0.148. The second kappa shape index (κ2) is 6.99. The van der Waals surface area contributed by atoms with E-state index in [0.29, 0.717) is 11.4 Å². The molecule has 0 unspecified atom stereocenters. The Balaban J connectivity index is 1.68. The highest BCUT2D eigenvalue weighted by Crippen LogP contribution is 2.22. The van der Waals surface area contributed by atoms with Crippen LogP contribution in [0.5, 0.6) is 0 Å². The molecular formula is C15H20N6O4. The maximum Gasteiger partial charge on any atom is 0.316 e. The van der Waals surface area contributed by atoms with Gasteiger partial charge in [0.25, 0.3) is 0 Å². The summed E-state index contributed by atoms with van der Waals surface area (Å²) in [6.07, 6.45) is 5.34. The molecule has 25 heavy (non-hydrogen) atoms. The van der Waals surface area contributed by atoms with Gasteiger partial charge >= 0.3 is 17.5 Å². The molecule has 1 aliphatic rings. The van der Waals surface area contributed by atoms with Crippen LogP contribution in [0.1, 0.15) is 60.0 Å². The van der Waals surface area contributed by atoms with Crippen molar-refractivity contribution in [2.24, 2.45) is 0 Å². The van der Waals surface area contributed by atoms with E-state index >= 15 is 0 Å². The molecule has 1 fully saturated rings. The zero-order valence-corrected chi connectivity index (χ0v) is 14.2. The fraction of sp³-hybridized carbons (Fsp3) is 0.600. The Morgan fingerprint density at radius 2 is 2.08 bits per heavy atom. The molecule has 0 aromatic carbocycles. The number of carbonyl (C=O) groups is 1. The van der Waals surface area contributed by atoms with Crippen LogP contribution in [0.2, 0.25) is 0 Å². The van der Waals surface area contributed by atoms with Crippen LogP contribution in [0, 0.1) is 24.0 Å². The van der Waals surface area contributed by atoms with E-state index in [2.05, 4.69) is 20.6 Å². The van der Waals surface area contributed by atoms with Crippen molar-refractivity contribution >= 4 is 11.6 Å². The van der Waals surface area contributed by atoms with Gasteiger partial charge in [0.1, 0.15) is 17.9 Å². The van der Waals surface area contributed by atoms with Gasteiger partial charge < -0.3 is 9.84 Å². The summed E-state index contributed by atoms with van der Waals surface area (Å²) in [5, 5.41) is 21.8. The van der Waals surface area contributed by atoms with Gasteiger partial charge in [-0.05, 0) is 26.7 Å². The summed E-state index contributed by atoms with van der Waals surface area (Å²) < 4.78 is 6.45. The van der Waals surface area contributed by atoms with Crippen molar-refractivity contribution in [2.45, 2.75) is 58.5 Å². The maximum atomic E-state index is 12.2. The van der Waals surface area contributed by atoms with Gasteiger partial charge in [0, 0.05) is 6.04 Å². The van der Waals surface area contributed by atoms with Gasteiger partial charge in [0.15, 0.2) is 5.82 Å². The molecule has 0 atom stereocenters. The average molecular weight is 348 g/mol. The molecule has 2 aromatic rings.